The number of amides is 1. The molecule has 0 spiro atoms. The van der Waals surface area contributed by atoms with Gasteiger partial charge in [0.1, 0.15) is 6.54 Å². The van der Waals surface area contributed by atoms with Crippen LogP contribution in [0.1, 0.15) is 12.8 Å². The first-order valence-corrected chi connectivity index (χ1v) is 5.14. The lowest BCUT2D eigenvalue weighted by Gasteiger charge is -2.31. The SMILES string of the molecule is O=C(Cn1cccnc1=O)NC1CC(O)C1. The predicted octanol–water partition coefficient (Wildman–Crippen LogP) is -1.12. The minimum Gasteiger partial charge on any atom is -0.393 e. The standard InChI is InChI=1S/C10H13N3O3/c14-8-4-7(5-8)12-9(15)6-13-3-1-2-11-10(13)16/h1-3,7-8,14H,4-6H2,(H,12,15). The number of carbonyl (C=O) groups is 1. The quantitative estimate of drug-likeness (QED) is 0.680. The van der Waals surface area contributed by atoms with Crippen molar-refractivity contribution in [3.63, 3.8) is 0 Å². The molecule has 6 nitrogen and oxygen atoms in total. The van der Waals surface area contributed by atoms with Crippen LogP contribution in [-0.2, 0) is 11.3 Å². The van der Waals surface area contributed by atoms with Gasteiger partial charge >= 0.3 is 5.69 Å². The molecule has 1 saturated carbocycles. The number of carbonyl (C=O) groups excluding carboxylic acids is 1. The molecule has 0 aromatic carbocycles. The van der Waals surface area contributed by atoms with Crippen LogP contribution < -0.4 is 11.0 Å². The van der Waals surface area contributed by atoms with Crippen molar-refractivity contribution in [2.45, 2.75) is 31.5 Å². The zero-order valence-corrected chi connectivity index (χ0v) is 8.67. The largest absolute Gasteiger partial charge is 0.393 e. The van der Waals surface area contributed by atoms with E-state index in [-0.39, 0.29) is 24.6 Å². The van der Waals surface area contributed by atoms with Crippen LogP contribution in [0.2, 0.25) is 0 Å². The maximum absolute atomic E-state index is 11.5. The molecule has 16 heavy (non-hydrogen) atoms. The van der Waals surface area contributed by atoms with E-state index in [0.717, 1.165) is 0 Å². The van der Waals surface area contributed by atoms with Crippen molar-refractivity contribution >= 4 is 5.91 Å². The number of hydrogen-bond acceptors (Lipinski definition) is 4. The Labute approximate surface area is 91.9 Å². The Morgan fingerprint density at radius 1 is 1.62 bits per heavy atom. The summed E-state index contributed by atoms with van der Waals surface area (Å²) in [7, 11) is 0. The van der Waals surface area contributed by atoms with Gasteiger partial charge in [0.25, 0.3) is 0 Å². The second kappa shape index (κ2) is 4.44. The number of aromatic nitrogens is 2. The van der Waals surface area contributed by atoms with Crippen molar-refractivity contribution in [2.75, 3.05) is 0 Å². The Hall–Kier alpha value is -1.69. The summed E-state index contributed by atoms with van der Waals surface area (Å²) in [5, 5.41) is 11.8. The third-order valence-electron chi connectivity index (χ3n) is 2.58. The molecule has 6 heteroatoms. The van der Waals surface area contributed by atoms with E-state index in [0.29, 0.717) is 12.8 Å². The number of aliphatic hydroxyl groups excluding tert-OH is 1. The van der Waals surface area contributed by atoms with E-state index in [4.69, 9.17) is 5.11 Å². The van der Waals surface area contributed by atoms with Gasteiger partial charge in [-0.2, -0.15) is 0 Å². The molecular weight excluding hydrogens is 210 g/mol. The second-order valence-electron chi connectivity index (χ2n) is 3.92. The summed E-state index contributed by atoms with van der Waals surface area (Å²) in [6, 6.07) is 1.64. The van der Waals surface area contributed by atoms with Crippen LogP contribution in [-0.4, -0.2) is 32.7 Å². The van der Waals surface area contributed by atoms with Gasteiger partial charge in [-0.15, -0.1) is 0 Å². The van der Waals surface area contributed by atoms with Gasteiger partial charge in [-0.3, -0.25) is 9.36 Å². The van der Waals surface area contributed by atoms with Crippen molar-refractivity contribution in [3.8, 4) is 0 Å². The maximum Gasteiger partial charge on any atom is 0.347 e. The van der Waals surface area contributed by atoms with E-state index in [1.54, 1.807) is 6.07 Å². The number of hydrogen-bond donors (Lipinski definition) is 2. The van der Waals surface area contributed by atoms with Crippen LogP contribution in [0.15, 0.2) is 23.3 Å². The van der Waals surface area contributed by atoms with E-state index in [2.05, 4.69) is 10.3 Å². The molecule has 2 rings (SSSR count). The van der Waals surface area contributed by atoms with Gasteiger partial charge in [-0.25, -0.2) is 9.78 Å². The van der Waals surface area contributed by atoms with E-state index in [1.165, 1.54) is 17.0 Å². The molecule has 1 aliphatic carbocycles. The van der Waals surface area contributed by atoms with Gasteiger partial charge in [0.15, 0.2) is 0 Å². The molecule has 0 radical (unpaired) electrons. The van der Waals surface area contributed by atoms with Gasteiger partial charge in [0.2, 0.25) is 5.91 Å². The Bertz CT molecular complexity index is 437. The molecule has 86 valence electrons. The van der Waals surface area contributed by atoms with Gasteiger partial charge in [0.05, 0.1) is 6.10 Å². The van der Waals surface area contributed by atoms with E-state index >= 15 is 0 Å². The molecule has 1 amide bonds. The normalized spacial score (nSPS) is 23.6. The third kappa shape index (κ3) is 2.46. The summed E-state index contributed by atoms with van der Waals surface area (Å²) in [6.45, 7) is -0.0285. The molecule has 0 aliphatic heterocycles. The highest BCUT2D eigenvalue weighted by Gasteiger charge is 2.28. The van der Waals surface area contributed by atoms with Crippen LogP contribution in [0, 0.1) is 0 Å². The highest BCUT2D eigenvalue weighted by Crippen LogP contribution is 2.18. The van der Waals surface area contributed by atoms with Gasteiger partial charge in [-0.1, -0.05) is 0 Å². The number of nitrogens with one attached hydrogen (secondary N) is 1. The average Bonchev–Trinajstić information content (AvgIpc) is 2.19. The number of aliphatic hydroxyl groups is 1. The molecule has 1 fully saturated rings. The molecule has 0 atom stereocenters. The Balaban J connectivity index is 1.88. The molecule has 1 heterocycles. The maximum atomic E-state index is 11.5. The molecule has 1 aromatic heterocycles. The molecule has 1 aliphatic rings. The van der Waals surface area contributed by atoms with Crippen LogP contribution in [0.4, 0.5) is 0 Å². The van der Waals surface area contributed by atoms with Crippen LogP contribution in [0.25, 0.3) is 0 Å². The Morgan fingerprint density at radius 2 is 2.38 bits per heavy atom. The van der Waals surface area contributed by atoms with Crippen molar-refractivity contribution in [2.24, 2.45) is 0 Å². The highest BCUT2D eigenvalue weighted by molar-refractivity contribution is 5.76. The Morgan fingerprint density at radius 3 is 3.00 bits per heavy atom. The minimum absolute atomic E-state index is 0.0285. The summed E-state index contributed by atoms with van der Waals surface area (Å²) < 4.78 is 1.24. The lowest BCUT2D eigenvalue weighted by atomic mass is 9.89. The molecule has 0 unspecified atom stereocenters. The van der Waals surface area contributed by atoms with Gasteiger partial charge < -0.3 is 10.4 Å². The van der Waals surface area contributed by atoms with Crippen molar-refractivity contribution in [1.82, 2.24) is 14.9 Å². The zero-order chi connectivity index (χ0) is 11.5. The number of rotatable bonds is 3. The fraction of sp³-hybridized carbons (Fsp3) is 0.500. The summed E-state index contributed by atoms with van der Waals surface area (Å²) in [4.78, 5) is 26.2. The molecular formula is C10H13N3O3. The summed E-state index contributed by atoms with van der Waals surface area (Å²) in [5.74, 6) is -0.230. The minimum atomic E-state index is -0.439. The van der Waals surface area contributed by atoms with Crippen LogP contribution in [0.5, 0.6) is 0 Å². The first kappa shape index (κ1) is 10.8. The summed E-state index contributed by atoms with van der Waals surface area (Å²) in [5.41, 5.74) is -0.439. The third-order valence-corrected chi connectivity index (χ3v) is 2.58. The van der Waals surface area contributed by atoms with E-state index < -0.39 is 5.69 Å². The van der Waals surface area contributed by atoms with Crippen LogP contribution in [0.3, 0.4) is 0 Å². The fourth-order valence-electron chi connectivity index (χ4n) is 1.64. The molecule has 0 saturated heterocycles. The lowest BCUT2D eigenvalue weighted by Crippen LogP contribution is -2.48. The topological polar surface area (TPSA) is 84.2 Å². The predicted molar refractivity (Wildman–Crippen MR) is 55.7 cm³/mol. The van der Waals surface area contributed by atoms with Crippen molar-refractivity contribution in [3.05, 3.63) is 28.9 Å². The van der Waals surface area contributed by atoms with E-state index in [1.807, 2.05) is 0 Å². The van der Waals surface area contributed by atoms with Crippen LogP contribution >= 0.6 is 0 Å². The monoisotopic (exact) mass is 223 g/mol. The van der Waals surface area contributed by atoms with Crippen molar-refractivity contribution in [1.29, 1.82) is 0 Å². The summed E-state index contributed by atoms with van der Waals surface area (Å²) in [6.07, 6.45) is 3.79. The van der Waals surface area contributed by atoms with E-state index in [9.17, 15) is 9.59 Å². The first-order valence-electron chi connectivity index (χ1n) is 5.14. The van der Waals surface area contributed by atoms with Gasteiger partial charge in [0, 0.05) is 18.4 Å². The zero-order valence-electron chi connectivity index (χ0n) is 8.67. The Kier molecular flexibility index (Phi) is 3.00. The first-order chi connectivity index (χ1) is 7.65. The fourth-order valence-corrected chi connectivity index (χ4v) is 1.64. The molecule has 2 N–H and O–H groups in total. The van der Waals surface area contributed by atoms with Gasteiger partial charge in [-0.05, 0) is 18.9 Å². The average molecular weight is 223 g/mol. The highest BCUT2D eigenvalue weighted by atomic mass is 16.3. The molecule has 1 aromatic rings. The van der Waals surface area contributed by atoms with Crippen molar-refractivity contribution < 1.29 is 9.90 Å². The lowest BCUT2D eigenvalue weighted by molar-refractivity contribution is -0.123. The second-order valence-corrected chi connectivity index (χ2v) is 3.92. The number of nitrogens with zero attached hydrogens (tertiary/aromatic N) is 2. The smallest absolute Gasteiger partial charge is 0.347 e. The summed E-state index contributed by atoms with van der Waals surface area (Å²) >= 11 is 0. The molecule has 0 bridgehead atoms.